The highest BCUT2D eigenvalue weighted by Gasteiger charge is 2.42. The van der Waals surface area contributed by atoms with Crippen LogP contribution in [0.4, 0.5) is 24.5 Å². The molecule has 1 amide bonds. The fraction of sp³-hybridized carbons (Fsp3) is 0.0952. The second kappa shape index (κ2) is 6.45. The monoisotopic (exact) mass is 414 g/mol. The van der Waals surface area contributed by atoms with Gasteiger partial charge < -0.3 is 9.73 Å². The summed E-state index contributed by atoms with van der Waals surface area (Å²) < 4.78 is 44.5. The molecule has 1 unspecified atom stereocenters. The Morgan fingerprint density at radius 2 is 1.90 bits per heavy atom. The van der Waals surface area contributed by atoms with Gasteiger partial charge in [0.05, 0.1) is 21.8 Å². The van der Waals surface area contributed by atoms with Crippen LogP contribution in [-0.4, -0.2) is 11.4 Å². The molecule has 0 saturated carbocycles. The molecule has 1 atom stereocenters. The highest BCUT2D eigenvalue weighted by molar-refractivity contribution is 8.05. The van der Waals surface area contributed by atoms with Gasteiger partial charge in [0.1, 0.15) is 11.5 Å². The lowest BCUT2D eigenvalue weighted by atomic mass is 10.1. The van der Waals surface area contributed by atoms with E-state index < -0.39 is 11.7 Å². The summed E-state index contributed by atoms with van der Waals surface area (Å²) in [6.07, 6.45) is -2.80. The van der Waals surface area contributed by atoms with E-state index in [0.717, 1.165) is 23.5 Å². The number of furan rings is 1. The van der Waals surface area contributed by atoms with Gasteiger partial charge in [-0.2, -0.15) is 13.2 Å². The number of thioether (sulfide) groups is 1. The summed E-state index contributed by atoms with van der Waals surface area (Å²) in [5.74, 6) is 0.569. The van der Waals surface area contributed by atoms with Crippen molar-refractivity contribution in [2.24, 2.45) is 0 Å². The van der Waals surface area contributed by atoms with E-state index in [0.29, 0.717) is 22.0 Å². The van der Waals surface area contributed by atoms with Crippen molar-refractivity contribution in [2.45, 2.75) is 11.7 Å². The number of nitrogens with zero attached hydrogens (tertiary/aromatic N) is 1. The SMILES string of the molecule is O=C1/C(=C/c2ccc(-c3cccc(C(F)(F)F)c3)o2)SC2Nc3ccccc3N12. The van der Waals surface area contributed by atoms with Crippen molar-refractivity contribution in [3.8, 4) is 11.3 Å². The molecule has 4 nitrogen and oxygen atoms in total. The molecule has 2 aromatic carbocycles. The first-order valence-electron chi connectivity index (χ1n) is 8.75. The van der Waals surface area contributed by atoms with Crippen LogP contribution >= 0.6 is 11.8 Å². The highest BCUT2D eigenvalue weighted by atomic mass is 32.2. The van der Waals surface area contributed by atoms with Crippen LogP contribution in [0.1, 0.15) is 11.3 Å². The minimum absolute atomic E-state index is 0.144. The first kappa shape index (κ1) is 17.9. The molecule has 0 bridgehead atoms. The quantitative estimate of drug-likeness (QED) is 0.539. The average Bonchev–Trinajstić information content (AvgIpc) is 3.37. The maximum atomic E-state index is 12.9. The van der Waals surface area contributed by atoms with Crippen molar-refractivity contribution < 1.29 is 22.4 Å². The molecule has 0 spiro atoms. The smallest absolute Gasteiger partial charge is 0.416 e. The van der Waals surface area contributed by atoms with Crippen molar-refractivity contribution in [2.75, 3.05) is 10.2 Å². The van der Waals surface area contributed by atoms with Crippen LogP contribution in [0.2, 0.25) is 0 Å². The van der Waals surface area contributed by atoms with Gasteiger partial charge in [-0.25, -0.2) is 0 Å². The van der Waals surface area contributed by atoms with Crippen molar-refractivity contribution in [1.82, 2.24) is 0 Å². The number of hydrogen-bond donors (Lipinski definition) is 1. The second-order valence-corrected chi connectivity index (χ2v) is 7.72. The maximum absolute atomic E-state index is 12.9. The Balaban J connectivity index is 1.42. The number of alkyl halides is 3. The van der Waals surface area contributed by atoms with Crippen LogP contribution in [0.25, 0.3) is 17.4 Å². The van der Waals surface area contributed by atoms with Crippen LogP contribution in [0.3, 0.4) is 0 Å². The molecule has 0 radical (unpaired) electrons. The summed E-state index contributed by atoms with van der Waals surface area (Å²) >= 11 is 1.37. The van der Waals surface area contributed by atoms with Crippen molar-refractivity contribution in [3.63, 3.8) is 0 Å². The first-order valence-corrected chi connectivity index (χ1v) is 9.63. The summed E-state index contributed by atoms with van der Waals surface area (Å²) in [7, 11) is 0. The number of anilines is 2. The largest absolute Gasteiger partial charge is 0.457 e. The van der Waals surface area contributed by atoms with Crippen LogP contribution in [0.5, 0.6) is 0 Å². The van der Waals surface area contributed by atoms with Crippen LogP contribution in [-0.2, 0) is 11.0 Å². The Morgan fingerprint density at radius 1 is 1.07 bits per heavy atom. The van der Waals surface area contributed by atoms with Gasteiger partial charge >= 0.3 is 6.18 Å². The van der Waals surface area contributed by atoms with Gasteiger partial charge in [0.25, 0.3) is 5.91 Å². The zero-order valence-electron chi connectivity index (χ0n) is 14.7. The average molecular weight is 414 g/mol. The molecule has 1 fully saturated rings. The molecular formula is C21H13F3N2O2S. The van der Waals surface area contributed by atoms with E-state index in [9.17, 15) is 18.0 Å². The molecule has 146 valence electrons. The molecule has 1 N–H and O–H groups in total. The molecule has 1 aromatic heterocycles. The molecule has 29 heavy (non-hydrogen) atoms. The molecule has 8 heteroatoms. The fourth-order valence-electron chi connectivity index (χ4n) is 3.38. The molecular weight excluding hydrogens is 401 g/mol. The summed E-state index contributed by atoms with van der Waals surface area (Å²) in [4.78, 5) is 15.0. The number of carbonyl (C=O) groups is 1. The molecule has 1 saturated heterocycles. The fourth-order valence-corrected chi connectivity index (χ4v) is 4.50. The molecule has 3 heterocycles. The molecule has 5 rings (SSSR count). The summed E-state index contributed by atoms with van der Waals surface area (Å²) in [6.45, 7) is 0. The Labute approximate surface area is 168 Å². The van der Waals surface area contributed by atoms with E-state index in [1.54, 1.807) is 29.2 Å². The van der Waals surface area contributed by atoms with Gasteiger partial charge in [0, 0.05) is 11.6 Å². The number of benzene rings is 2. The Bertz CT molecular complexity index is 1150. The van der Waals surface area contributed by atoms with E-state index in [1.165, 1.54) is 17.8 Å². The van der Waals surface area contributed by atoms with E-state index in [4.69, 9.17) is 4.42 Å². The third-order valence-corrected chi connectivity index (χ3v) is 5.82. The lowest BCUT2D eigenvalue weighted by molar-refractivity contribution is -0.137. The number of amides is 1. The molecule has 3 aromatic rings. The highest BCUT2D eigenvalue weighted by Crippen LogP contribution is 2.47. The predicted octanol–water partition coefficient (Wildman–Crippen LogP) is 5.80. The van der Waals surface area contributed by atoms with Gasteiger partial charge in [-0.3, -0.25) is 9.69 Å². The van der Waals surface area contributed by atoms with E-state index in [1.807, 2.05) is 24.3 Å². The van der Waals surface area contributed by atoms with E-state index >= 15 is 0 Å². The van der Waals surface area contributed by atoms with Crippen LogP contribution in [0.15, 0.2) is 70.0 Å². The third-order valence-electron chi connectivity index (χ3n) is 4.72. The van der Waals surface area contributed by atoms with Gasteiger partial charge in [0.2, 0.25) is 0 Å². The maximum Gasteiger partial charge on any atom is 0.416 e. The summed E-state index contributed by atoms with van der Waals surface area (Å²) in [5.41, 5.74) is 1.10. The lowest BCUT2D eigenvalue weighted by Crippen LogP contribution is -2.31. The molecule has 0 aliphatic carbocycles. The molecule has 2 aliphatic heterocycles. The van der Waals surface area contributed by atoms with E-state index in [2.05, 4.69) is 5.32 Å². The Morgan fingerprint density at radius 3 is 2.72 bits per heavy atom. The van der Waals surface area contributed by atoms with Crippen molar-refractivity contribution in [1.29, 1.82) is 0 Å². The number of para-hydroxylation sites is 2. The van der Waals surface area contributed by atoms with Crippen LogP contribution in [0, 0.1) is 0 Å². The topological polar surface area (TPSA) is 45.5 Å². The van der Waals surface area contributed by atoms with E-state index in [-0.39, 0.29) is 11.4 Å². The van der Waals surface area contributed by atoms with Gasteiger partial charge in [-0.15, -0.1) is 0 Å². The Kier molecular flexibility index (Phi) is 3.99. The van der Waals surface area contributed by atoms with Crippen LogP contribution < -0.4 is 10.2 Å². The third kappa shape index (κ3) is 3.09. The summed E-state index contributed by atoms with van der Waals surface area (Å²) in [5, 5.41) is 3.28. The number of fused-ring (bicyclic) bond motifs is 3. The van der Waals surface area contributed by atoms with Crippen molar-refractivity contribution in [3.05, 3.63) is 76.9 Å². The minimum Gasteiger partial charge on any atom is -0.457 e. The normalized spacial score (nSPS) is 19.4. The lowest BCUT2D eigenvalue weighted by Gasteiger charge is -2.12. The minimum atomic E-state index is -4.42. The zero-order chi connectivity index (χ0) is 20.2. The van der Waals surface area contributed by atoms with Gasteiger partial charge in [-0.1, -0.05) is 36.0 Å². The predicted molar refractivity (Wildman–Crippen MR) is 106 cm³/mol. The summed E-state index contributed by atoms with van der Waals surface area (Å²) in [6, 6.07) is 15.8. The number of halogens is 3. The van der Waals surface area contributed by atoms with Crippen molar-refractivity contribution >= 4 is 35.1 Å². The number of nitrogens with one attached hydrogen (secondary N) is 1. The number of carbonyl (C=O) groups excluding carboxylic acids is 1. The molecule has 2 aliphatic rings. The zero-order valence-corrected chi connectivity index (χ0v) is 15.6. The first-order chi connectivity index (χ1) is 13.9. The van der Waals surface area contributed by atoms with Gasteiger partial charge in [0.15, 0.2) is 5.50 Å². The van der Waals surface area contributed by atoms with Gasteiger partial charge in [-0.05, 0) is 36.4 Å². The second-order valence-electron chi connectivity index (χ2n) is 6.60. The Hall–Kier alpha value is -3.13. The standard InChI is InChI=1S/C21H13F3N2O2S/c22-21(23,24)13-5-3-4-12(10-13)17-9-8-14(28-17)11-18-19(27)26-16-7-2-1-6-15(16)25-20(26)29-18/h1-11,20,25H/b18-11-. The number of rotatable bonds is 2. The number of hydrogen-bond acceptors (Lipinski definition) is 4.